The van der Waals surface area contributed by atoms with Gasteiger partial charge in [0.25, 0.3) is 0 Å². The number of rotatable bonds is 5. The maximum absolute atomic E-state index is 11.8. The monoisotopic (exact) mass is 327 g/mol. The molecule has 0 aliphatic carbocycles. The van der Waals surface area contributed by atoms with E-state index < -0.39 is 0 Å². The molecule has 1 aromatic carbocycles. The molecule has 3 heterocycles. The van der Waals surface area contributed by atoms with Crippen molar-refractivity contribution in [3.8, 4) is 0 Å². The van der Waals surface area contributed by atoms with Gasteiger partial charge in [0.05, 0.1) is 12.1 Å². The predicted molar refractivity (Wildman–Crippen MR) is 92.8 cm³/mol. The van der Waals surface area contributed by atoms with Crippen molar-refractivity contribution in [2.45, 2.75) is 31.7 Å². The van der Waals surface area contributed by atoms with Crippen molar-refractivity contribution in [3.63, 3.8) is 0 Å². The number of benzene rings is 1. The summed E-state index contributed by atoms with van der Waals surface area (Å²) in [5, 5.41) is 0. The third-order valence-corrected chi connectivity index (χ3v) is 5.67. The first-order chi connectivity index (χ1) is 11.3. The van der Waals surface area contributed by atoms with Crippen LogP contribution < -0.4 is 4.90 Å². The highest BCUT2D eigenvalue weighted by Gasteiger charge is 2.29. The molecule has 23 heavy (non-hydrogen) atoms. The fourth-order valence-corrected chi connectivity index (χ4v) is 4.35. The average molecular weight is 327 g/mol. The number of anilines is 1. The van der Waals surface area contributed by atoms with Crippen LogP contribution in [0.3, 0.4) is 0 Å². The SMILES string of the molecule is O=C1CCCN1CC[C@H]1CN(Cc2cncs2)c2ccccc21. The van der Waals surface area contributed by atoms with Crippen LogP contribution in [0.4, 0.5) is 5.69 Å². The summed E-state index contributed by atoms with van der Waals surface area (Å²) in [5.74, 6) is 0.852. The molecule has 120 valence electrons. The van der Waals surface area contributed by atoms with Gasteiger partial charge >= 0.3 is 0 Å². The van der Waals surface area contributed by atoms with Crippen LogP contribution in [0.1, 0.15) is 35.6 Å². The van der Waals surface area contributed by atoms with Crippen molar-refractivity contribution >= 4 is 22.9 Å². The maximum Gasteiger partial charge on any atom is 0.222 e. The van der Waals surface area contributed by atoms with E-state index in [0.717, 1.165) is 45.4 Å². The van der Waals surface area contributed by atoms with Crippen LogP contribution in [-0.4, -0.2) is 35.4 Å². The summed E-state index contributed by atoms with van der Waals surface area (Å²) >= 11 is 1.71. The number of para-hydroxylation sites is 1. The van der Waals surface area contributed by atoms with Crippen molar-refractivity contribution in [1.82, 2.24) is 9.88 Å². The molecule has 4 nitrogen and oxygen atoms in total. The zero-order valence-electron chi connectivity index (χ0n) is 13.1. The van der Waals surface area contributed by atoms with Crippen molar-refractivity contribution in [1.29, 1.82) is 0 Å². The summed E-state index contributed by atoms with van der Waals surface area (Å²) < 4.78 is 0. The van der Waals surface area contributed by atoms with Crippen LogP contribution in [0.15, 0.2) is 36.0 Å². The van der Waals surface area contributed by atoms with Crippen LogP contribution in [-0.2, 0) is 11.3 Å². The van der Waals surface area contributed by atoms with E-state index in [0.29, 0.717) is 11.8 Å². The Morgan fingerprint density at radius 2 is 2.17 bits per heavy atom. The summed E-state index contributed by atoms with van der Waals surface area (Å²) in [7, 11) is 0. The first-order valence-electron chi connectivity index (χ1n) is 8.30. The van der Waals surface area contributed by atoms with Crippen molar-refractivity contribution in [2.75, 3.05) is 24.5 Å². The fourth-order valence-electron chi connectivity index (χ4n) is 3.74. The summed E-state index contributed by atoms with van der Waals surface area (Å²) in [6, 6.07) is 8.71. The van der Waals surface area contributed by atoms with E-state index in [2.05, 4.69) is 34.1 Å². The van der Waals surface area contributed by atoms with Crippen molar-refractivity contribution in [2.24, 2.45) is 0 Å². The Hall–Kier alpha value is -1.88. The second kappa shape index (κ2) is 6.32. The predicted octanol–water partition coefficient (Wildman–Crippen LogP) is 3.26. The topological polar surface area (TPSA) is 36.4 Å². The van der Waals surface area contributed by atoms with E-state index in [9.17, 15) is 4.79 Å². The quantitative estimate of drug-likeness (QED) is 0.846. The van der Waals surface area contributed by atoms with Gasteiger partial charge in [-0.25, -0.2) is 0 Å². The summed E-state index contributed by atoms with van der Waals surface area (Å²) in [5.41, 5.74) is 4.68. The van der Waals surface area contributed by atoms with E-state index in [1.54, 1.807) is 11.3 Å². The van der Waals surface area contributed by atoms with E-state index in [-0.39, 0.29) is 0 Å². The Kier molecular flexibility index (Phi) is 4.04. The van der Waals surface area contributed by atoms with E-state index in [1.165, 1.54) is 16.1 Å². The van der Waals surface area contributed by atoms with E-state index in [4.69, 9.17) is 0 Å². The number of fused-ring (bicyclic) bond motifs is 1. The molecule has 0 saturated carbocycles. The van der Waals surface area contributed by atoms with Gasteiger partial charge in [0, 0.05) is 48.7 Å². The molecular formula is C18H21N3OS. The van der Waals surface area contributed by atoms with Crippen LogP contribution >= 0.6 is 11.3 Å². The standard InChI is InChI=1S/C18H21N3OS/c22-18-6-3-8-20(18)9-7-14-11-21(12-15-10-19-13-23-15)17-5-2-1-4-16(14)17/h1-2,4-5,10,13-14H,3,6-9,11-12H2/t14-/m0/s1. The Morgan fingerprint density at radius 3 is 2.96 bits per heavy atom. The molecule has 1 fully saturated rings. The number of carbonyl (C=O) groups excluding carboxylic acids is 1. The number of carbonyl (C=O) groups is 1. The smallest absolute Gasteiger partial charge is 0.222 e. The number of nitrogens with zero attached hydrogens (tertiary/aromatic N) is 3. The molecule has 1 saturated heterocycles. The molecule has 0 N–H and O–H groups in total. The lowest BCUT2D eigenvalue weighted by molar-refractivity contribution is -0.127. The summed E-state index contributed by atoms with van der Waals surface area (Å²) in [6.07, 6.45) is 4.78. The molecule has 1 aromatic heterocycles. The van der Waals surface area contributed by atoms with E-state index >= 15 is 0 Å². The van der Waals surface area contributed by atoms with Gasteiger partial charge in [-0.2, -0.15) is 0 Å². The van der Waals surface area contributed by atoms with Gasteiger partial charge in [-0.3, -0.25) is 9.78 Å². The minimum absolute atomic E-state index is 0.331. The highest BCUT2D eigenvalue weighted by atomic mass is 32.1. The first kappa shape index (κ1) is 14.7. The molecular weight excluding hydrogens is 306 g/mol. The zero-order chi connectivity index (χ0) is 15.6. The molecule has 5 heteroatoms. The molecule has 0 spiro atoms. The molecule has 0 unspecified atom stereocenters. The minimum Gasteiger partial charge on any atom is -0.365 e. The Balaban J connectivity index is 1.47. The van der Waals surface area contributed by atoms with Crippen LogP contribution in [0, 0.1) is 0 Å². The van der Waals surface area contributed by atoms with Crippen molar-refractivity contribution in [3.05, 3.63) is 46.4 Å². The van der Waals surface area contributed by atoms with Gasteiger partial charge in [0.15, 0.2) is 0 Å². The van der Waals surface area contributed by atoms with Gasteiger partial charge in [-0.05, 0) is 24.5 Å². The van der Waals surface area contributed by atoms with Crippen molar-refractivity contribution < 1.29 is 4.79 Å². The highest BCUT2D eigenvalue weighted by Crippen LogP contribution is 2.39. The third kappa shape index (κ3) is 2.98. The Bertz CT molecular complexity index is 685. The number of hydrogen-bond acceptors (Lipinski definition) is 4. The number of aromatic nitrogens is 1. The lowest BCUT2D eigenvalue weighted by Gasteiger charge is -2.20. The van der Waals surface area contributed by atoms with Gasteiger partial charge in [0.1, 0.15) is 0 Å². The molecule has 1 atom stereocenters. The average Bonchev–Trinajstić information content (AvgIpc) is 3.28. The molecule has 0 radical (unpaired) electrons. The number of amides is 1. The normalized spacial score (nSPS) is 20.3. The van der Waals surface area contributed by atoms with E-state index in [1.807, 2.05) is 16.6 Å². The second-order valence-electron chi connectivity index (χ2n) is 6.38. The fraction of sp³-hybridized carbons (Fsp3) is 0.444. The lowest BCUT2D eigenvalue weighted by atomic mass is 9.98. The molecule has 2 aromatic rings. The van der Waals surface area contributed by atoms with Gasteiger partial charge < -0.3 is 9.80 Å². The Labute approximate surface area is 140 Å². The van der Waals surface area contributed by atoms with Gasteiger partial charge in [-0.15, -0.1) is 11.3 Å². The number of likely N-dealkylation sites (tertiary alicyclic amines) is 1. The Morgan fingerprint density at radius 1 is 1.26 bits per heavy atom. The number of hydrogen-bond donors (Lipinski definition) is 0. The third-order valence-electron chi connectivity index (χ3n) is 4.91. The van der Waals surface area contributed by atoms with Gasteiger partial charge in [-0.1, -0.05) is 18.2 Å². The first-order valence-corrected chi connectivity index (χ1v) is 9.18. The lowest BCUT2D eigenvalue weighted by Crippen LogP contribution is -2.28. The van der Waals surface area contributed by atoms with Gasteiger partial charge in [0.2, 0.25) is 5.91 Å². The number of thiazole rings is 1. The molecule has 4 rings (SSSR count). The zero-order valence-corrected chi connectivity index (χ0v) is 14.0. The molecule has 0 bridgehead atoms. The summed E-state index contributed by atoms with van der Waals surface area (Å²) in [4.78, 5) is 21.8. The largest absolute Gasteiger partial charge is 0.365 e. The summed E-state index contributed by atoms with van der Waals surface area (Å²) in [6.45, 7) is 3.81. The molecule has 2 aliphatic rings. The van der Waals surface area contributed by atoms with Crippen LogP contribution in [0.25, 0.3) is 0 Å². The highest BCUT2D eigenvalue weighted by molar-refractivity contribution is 7.09. The molecule has 1 amide bonds. The molecule has 2 aliphatic heterocycles. The minimum atomic E-state index is 0.331. The second-order valence-corrected chi connectivity index (χ2v) is 7.35. The van der Waals surface area contributed by atoms with Crippen LogP contribution in [0.2, 0.25) is 0 Å². The maximum atomic E-state index is 11.8. The van der Waals surface area contributed by atoms with Crippen LogP contribution in [0.5, 0.6) is 0 Å².